The molecule has 2 unspecified atom stereocenters. The largest absolute Gasteiger partial charge is 0.379 e. The minimum absolute atomic E-state index is 0.119. The van der Waals surface area contributed by atoms with Gasteiger partial charge in [0.2, 0.25) is 0 Å². The Morgan fingerprint density at radius 3 is 2.89 bits per heavy atom. The van der Waals surface area contributed by atoms with E-state index in [4.69, 9.17) is 4.74 Å². The highest BCUT2D eigenvalue weighted by Gasteiger charge is 2.47. The van der Waals surface area contributed by atoms with Gasteiger partial charge >= 0.3 is 0 Å². The molecule has 2 heterocycles. The van der Waals surface area contributed by atoms with Gasteiger partial charge in [0.05, 0.1) is 19.3 Å². The number of hydrogen-bond acceptors (Lipinski definition) is 3. The summed E-state index contributed by atoms with van der Waals surface area (Å²) in [5, 5.41) is 0. The highest BCUT2D eigenvalue weighted by atomic mass is 16.5. The summed E-state index contributed by atoms with van der Waals surface area (Å²) in [4.78, 5) is 13.6. The van der Waals surface area contributed by atoms with Crippen LogP contribution in [-0.2, 0) is 16.1 Å². The lowest BCUT2D eigenvalue weighted by atomic mass is 9.86. The molecule has 0 saturated carbocycles. The summed E-state index contributed by atoms with van der Waals surface area (Å²) in [6, 6.07) is 10.8. The second-order valence-electron chi connectivity index (χ2n) is 5.00. The van der Waals surface area contributed by atoms with E-state index in [-0.39, 0.29) is 5.78 Å². The summed E-state index contributed by atoms with van der Waals surface area (Å²) in [6.07, 6.45) is 1.76. The molecule has 94 valence electrons. The van der Waals surface area contributed by atoms with E-state index in [2.05, 4.69) is 17.0 Å². The number of rotatable bonds is 3. The van der Waals surface area contributed by atoms with Crippen molar-refractivity contribution in [2.24, 2.45) is 5.92 Å². The fourth-order valence-electron chi connectivity index (χ4n) is 2.84. The number of carbonyl (C=O) groups is 1. The van der Waals surface area contributed by atoms with Crippen LogP contribution in [0.3, 0.4) is 0 Å². The standard InChI is InChI=1S/C15H17NO2/c1-11(17)7-14-13-9-18-10-15(13)16(14)8-12-5-3-2-4-6-12/h2-7,13,15H,8-10H2,1H3/b14-7+. The number of fused-ring (bicyclic) bond motifs is 1. The van der Waals surface area contributed by atoms with E-state index in [1.807, 2.05) is 18.2 Å². The van der Waals surface area contributed by atoms with Gasteiger partial charge < -0.3 is 9.64 Å². The molecule has 0 N–H and O–H groups in total. The van der Waals surface area contributed by atoms with Gasteiger partial charge in [-0.2, -0.15) is 0 Å². The van der Waals surface area contributed by atoms with Crippen LogP contribution in [0.2, 0.25) is 0 Å². The van der Waals surface area contributed by atoms with Crippen molar-refractivity contribution in [3.8, 4) is 0 Å². The SMILES string of the molecule is CC(=O)/C=C1\C2COCC2N1Cc1ccccc1. The summed E-state index contributed by atoms with van der Waals surface area (Å²) >= 11 is 0. The Labute approximate surface area is 107 Å². The molecule has 3 heteroatoms. The van der Waals surface area contributed by atoms with Crippen LogP contribution in [0.4, 0.5) is 0 Å². The van der Waals surface area contributed by atoms with Gasteiger partial charge in [0.15, 0.2) is 5.78 Å². The topological polar surface area (TPSA) is 29.5 Å². The first kappa shape index (κ1) is 11.5. The number of allylic oxidation sites excluding steroid dienone is 1. The van der Waals surface area contributed by atoms with Crippen molar-refractivity contribution < 1.29 is 9.53 Å². The molecule has 2 saturated heterocycles. The van der Waals surface area contributed by atoms with E-state index in [0.29, 0.717) is 12.0 Å². The second kappa shape index (κ2) is 4.58. The smallest absolute Gasteiger partial charge is 0.154 e. The average Bonchev–Trinajstić information content (AvgIpc) is 2.79. The van der Waals surface area contributed by atoms with E-state index in [9.17, 15) is 4.79 Å². The number of likely N-dealkylation sites (tertiary alicyclic amines) is 1. The Bertz CT molecular complexity index is 481. The Morgan fingerprint density at radius 2 is 2.17 bits per heavy atom. The van der Waals surface area contributed by atoms with Crippen molar-refractivity contribution in [2.75, 3.05) is 13.2 Å². The van der Waals surface area contributed by atoms with Gasteiger partial charge in [-0.15, -0.1) is 0 Å². The normalized spacial score (nSPS) is 28.1. The first-order valence-electron chi connectivity index (χ1n) is 6.36. The van der Waals surface area contributed by atoms with Crippen molar-refractivity contribution in [1.82, 2.24) is 4.90 Å². The molecule has 0 amide bonds. The molecule has 0 aromatic heterocycles. The van der Waals surface area contributed by atoms with Crippen LogP contribution in [-0.4, -0.2) is 29.9 Å². The van der Waals surface area contributed by atoms with Crippen LogP contribution in [0.1, 0.15) is 12.5 Å². The third kappa shape index (κ3) is 1.95. The highest BCUT2D eigenvalue weighted by Crippen LogP contribution is 2.41. The van der Waals surface area contributed by atoms with E-state index in [1.54, 1.807) is 13.0 Å². The van der Waals surface area contributed by atoms with Crippen molar-refractivity contribution in [3.63, 3.8) is 0 Å². The number of benzene rings is 1. The number of ketones is 1. The minimum atomic E-state index is 0.119. The molecule has 2 fully saturated rings. The van der Waals surface area contributed by atoms with Gasteiger partial charge in [0, 0.05) is 24.2 Å². The Balaban J connectivity index is 1.80. The molecule has 2 aliphatic rings. The van der Waals surface area contributed by atoms with Crippen LogP contribution >= 0.6 is 0 Å². The zero-order valence-corrected chi connectivity index (χ0v) is 10.5. The monoisotopic (exact) mass is 243 g/mol. The molecule has 18 heavy (non-hydrogen) atoms. The molecular formula is C15H17NO2. The Kier molecular flexibility index (Phi) is 2.92. The summed E-state index contributed by atoms with van der Waals surface area (Å²) in [6.45, 7) is 4.02. The zero-order valence-electron chi connectivity index (χ0n) is 10.5. The predicted octanol–water partition coefficient (Wildman–Crippen LogP) is 1.99. The molecule has 0 radical (unpaired) electrons. The van der Waals surface area contributed by atoms with Crippen LogP contribution in [0.15, 0.2) is 42.1 Å². The van der Waals surface area contributed by atoms with Crippen LogP contribution < -0.4 is 0 Å². The summed E-state index contributed by atoms with van der Waals surface area (Å²) in [5.74, 6) is 0.547. The Hall–Kier alpha value is -1.61. The molecule has 3 rings (SSSR count). The second-order valence-corrected chi connectivity index (χ2v) is 5.00. The summed E-state index contributed by atoms with van der Waals surface area (Å²) in [7, 11) is 0. The van der Waals surface area contributed by atoms with Crippen molar-refractivity contribution >= 4 is 5.78 Å². The fraction of sp³-hybridized carbons (Fsp3) is 0.400. The molecule has 0 bridgehead atoms. The molecule has 0 spiro atoms. The first-order chi connectivity index (χ1) is 8.75. The van der Waals surface area contributed by atoms with E-state index in [0.717, 1.165) is 25.5 Å². The van der Waals surface area contributed by atoms with Gasteiger partial charge in [0.1, 0.15) is 0 Å². The number of carbonyl (C=O) groups excluding carboxylic acids is 1. The Morgan fingerprint density at radius 1 is 1.39 bits per heavy atom. The lowest BCUT2D eigenvalue weighted by Crippen LogP contribution is -2.52. The third-order valence-corrected chi connectivity index (χ3v) is 3.71. The molecule has 2 atom stereocenters. The maximum Gasteiger partial charge on any atom is 0.154 e. The van der Waals surface area contributed by atoms with Crippen LogP contribution in [0.25, 0.3) is 0 Å². The predicted molar refractivity (Wildman–Crippen MR) is 68.8 cm³/mol. The van der Waals surface area contributed by atoms with E-state index in [1.165, 1.54) is 5.56 Å². The first-order valence-corrected chi connectivity index (χ1v) is 6.36. The molecular weight excluding hydrogens is 226 g/mol. The van der Waals surface area contributed by atoms with Gasteiger partial charge in [-0.25, -0.2) is 0 Å². The third-order valence-electron chi connectivity index (χ3n) is 3.71. The van der Waals surface area contributed by atoms with Gasteiger partial charge in [-0.05, 0) is 12.5 Å². The quantitative estimate of drug-likeness (QED) is 0.760. The van der Waals surface area contributed by atoms with Gasteiger partial charge in [0.25, 0.3) is 0 Å². The fourth-order valence-corrected chi connectivity index (χ4v) is 2.84. The lowest BCUT2D eigenvalue weighted by molar-refractivity contribution is -0.113. The summed E-state index contributed by atoms with van der Waals surface area (Å²) in [5.41, 5.74) is 2.42. The lowest BCUT2D eigenvalue weighted by Gasteiger charge is -2.47. The van der Waals surface area contributed by atoms with Crippen molar-refractivity contribution in [3.05, 3.63) is 47.7 Å². The summed E-state index contributed by atoms with van der Waals surface area (Å²) < 4.78 is 5.52. The van der Waals surface area contributed by atoms with Crippen LogP contribution in [0, 0.1) is 5.92 Å². The highest BCUT2D eigenvalue weighted by molar-refractivity contribution is 5.88. The molecule has 3 nitrogen and oxygen atoms in total. The molecule has 1 aromatic carbocycles. The van der Waals surface area contributed by atoms with Crippen LogP contribution in [0.5, 0.6) is 0 Å². The molecule has 0 aliphatic carbocycles. The average molecular weight is 243 g/mol. The van der Waals surface area contributed by atoms with Gasteiger partial charge in [-0.3, -0.25) is 4.79 Å². The minimum Gasteiger partial charge on any atom is -0.379 e. The van der Waals surface area contributed by atoms with E-state index < -0.39 is 0 Å². The molecule has 1 aromatic rings. The zero-order chi connectivity index (χ0) is 12.5. The maximum absolute atomic E-state index is 11.3. The van der Waals surface area contributed by atoms with E-state index >= 15 is 0 Å². The number of ether oxygens (including phenoxy) is 1. The molecule has 2 aliphatic heterocycles. The number of nitrogens with zero attached hydrogens (tertiary/aromatic N) is 1. The maximum atomic E-state index is 11.3. The number of hydrogen-bond donors (Lipinski definition) is 0. The van der Waals surface area contributed by atoms with Crippen molar-refractivity contribution in [2.45, 2.75) is 19.5 Å². The van der Waals surface area contributed by atoms with Crippen molar-refractivity contribution in [1.29, 1.82) is 0 Å². The van der Waals surface area contributed by atoms with Gasteiger partial charge in [-0.1, -0.05) is 30.3 Å².